The number of hydrogen-bond donors (Lipinski definition) is 6. The van der Waals surface area contributed by atoms with Gasteiger partial charge in [0.2, 0.25) is 23.5 Å². The number of ketones is 1. The summed E-state index contributed by atoms with van der Waals surface area (Å²) < 4.78 is 5.02. The Labute approximate surface area is 333 Å². The molecule has 1 saturated heterocycles. The Balaban J connectivity index is 0.000000589. The summed E-state index contributed by atoms with van der Waals surface area (Å²) >= 11 is 0. The lowest BCUT2D eigenvalue weighted by Crippen LogP contribution is -2.52. The highest BCUT2D eigenvalue weighted by Gasteiger charge is 2.33. The lowest BCUT2D eigenvalue weighted by Gasteiger charge is -2.27. The van der Waals surface area contributed by atoms with E-state index in [-0.39, 0.29) is 23.9 Å². The molecule has 15 heteroatoms. The topological polar surface area (TPSA) is 226 Å². The van der Waals surface area contributed by atoms with E-state index < -0.39 is 53.8 Å². The van der Waals surface area contributed by atoms with Gasteiger partial charge in [-0.05, 0) is 97.7 Å². The molecular weight excluding hydrogens is 720 g/mol. The third-order valence-corrected chi connectivity index (χ3v) is 8.97. The second kappa shape index (κ2) is 25.0. The molecule has 15 nitrogen and oxygen atoms in total. The molecule has 3 rings (SSSR count). The second-order valence-electron chi connectivity index (χ2n) is 16.2. The number of nitrogens with zero attached hydrogens (tertiary/aromatic N) is 1. The van der Waals surface area contributed by atoms with Gasteiger partial charge in [-0.3, -0.25) is 28.9 Å². The number of benzene rings is 1. The van der Waals surface area contributed by atoms with E-state index in [0.29, 0.717) is 37.4 Å². The molecule has 1 saturated carbocycles. The number of amides is 5. The minimum atomic E-state index is -1.07. The molecule has 1 aliphatic carbocycles. The first kappa shape index (κ1) is 49.6. The van der Waals surface area contributed by atoms with Crippen molar-refractivity contribution in [2.24, 2.45) is 17.6 Å². The van der Waals surface area contributed by atoms with Crippen LogP contribution < -0.4 is 27.0 Å². The number of nitrogens with one attached hydrogen (secondary N) is 4. The summed E-state index contributed by atoms with van der Waals surface area (Å²) in [5.41, 5.74) is 7.30. The van der Waals surface area contributed by atoms with Gasteiger partial charge < -0.3 is 41.6 Å². The molecule has 2 aliphatic rings. The molecular formula is C41H68N6O9. The van der Waals surface area contributed by atoms with Crippen LogP contribution in [0.15, 0.2) is 18.2 Å². The Bertz CT molecular complexity index is 1430. The number of likely N-dealkylation sites (tertiary alicyclic amines) is 1. The van der Waals surface area contributed by atoms with Gasteiger partial charge in [0, 0.05) is 0 Å². The minimum Gasteiger partial charge on any atom is -0.449 e. The highest BCUT2D eigenvalue weighted by atomic mass is 16.5. The van der Waals surface area contributed by atoms with Gasteiger partial charge in [0.15, 0.2) is 0 Å². The van der Waals surface area contributed by atoms with Gasteiger partial charge in [-0.2, -0.15) is 0 Å². The number of nitrogens with two attached hydrogens (primary N) is 1. The molecule has 1 heterocycles. The molecule has 0 bridgehead atoms. The Morgan fingerprint density at radius 3 is 2.02 bits per heavy atom. The third-order valence-electron chi connectivity index (χ3n) is 8.97. The summed E-state index contributed by atoms with van der Waals surface area (Å²) in [5, 5.41) is 18.6. The maximum absolute atomic E-state index is 12.7. The Morgan fingerprint density at radius 2 is 1.54 bits per heavy atom. The number of aliphatic hydroxyl groups is 1. The zero-order valence-electron chi connectivity index (χ0n) is 35.0. The van der Waals surface area contributed by atoms with E-state index >= 15 is 0 Å². The molecule has 0 aromatic heterocycles. The van der Waals surface area contributed by atoms with Crippen LogP contribution in [0.1, 0.15) is 122 Å². The summed E-state index contributed by atoms with van der Waals surface area (Å²) in [6, 6.07) is 2.66. The average Bonchev–Trinajstić information content (AvgIpc) is 3.55. The zero-order valence-corrected chi connectivity index (χ0v) is 35.0. The number of aldehydes is 1. The predicted molar refractivity (Wildman–Crippen MR) is 214 cm³/mol. The van der Waals surface area contributed by atoms with E-state index in [0.717, 1.165) is 56.1 Å². The summed E-state index contributed by atoms with van der Waals surface area (Å²) in [6.07, 6.45) is 8.43. The zero-order chi connectivity index (χ0) is 42.6. The standard InChI is InChI=1S/C24H35N5O5.C13H23NO3.C4H10O/c1-5-7-17(27-23(33)18-8-6-9-29(18)4)21(31)24(34)26-13-19(30)28-20(22(25)32)16-11-14(2)10-15(3)12-16;1-10(2)9-17-13(16)14-12(8-15)11-6-4-3-5-7-11;1-4(2,3)5/h10-12,17-18,20H,5-9,13H2,1-4H3,(H2,25,32)(H,26,34)(H,27,33)(H,28,30);8,10-12H,3-7,9H2,1-2H3,(H,14,16);5H,1-3H3. The number of likely N-dealkylation sites (N-methyl/N-ethyl adjacent to an activating group) is 1. The van der Waals surface area contributed by atoms with Gasteiger partial charge in [0.1, 0.15) is 12.3 Å². The molecule has 316 valence electrons. The maximum atomic E-state index is 12.7. The van der Waals surface area contributed by atoms with Crippen LogP contribution in [0.25, 0.3) is 0 Å². The van der Waals surface area contributed by atoms with Crippen molar-refractivity contribution in [1.29, 1.82) is 0 Å². The number of primary amides is 1. The van der Waals surface area contributed by atoms with Crippen molar-refractivity contribution >= 4 is 41.8 Å². The first-order valence-electron chi connectivity index (χ1n) is 19.8. The molecule has 4 unspecified atom stereocenters. The summed E-state index contributed by atoms with van der Waals surface area (Å²) in [7, 11) is 1.84. The fraction of sp³-hybridized carbons (Fsp3) is 0.683. The summed E-state index contributed by atoms with van der Waals surface area (Å²) in [5.74, 6) is -2.90. The maximum Gasteiger partial charge on any atom is 0.407 e. The van der Waals surface area contributed by atoms with E-state index in [1.54, 1.807) is 32.9 Å². The molecule has 56 heavy (non-hydrogen) atoms. The number of carbonyl (C=O) groups is 7. The predicted octanol–water partition coefficient (Wildman–Crippen LogP) is 3.30. The lowest BCUT2D eigenvalue weighted by atomic mass is 9.84. The van der Waals surface area contributed by atoms with Gasteiger partial charge in [-0.25, -0.2) is 4.79 Å². The average molecular weight is 789 g/mol. The van der Waals surface area contributed by atoms with Crippen molar-refractivity contribution < 1.29 is 43.4 Å². The van der Waals surface area contributed by atoms with Crippen LogP contribution in [-0.2, 0) is 33.5 Å². The Morgan fingerprint density at radius 1 is 0.946 bits per heavy atom. The molecule has 1 aromatic carbocycles. The van der Waals surface area contributed by atoms with Crippen LogP contribution in [0.2, 0.25) is 0 Å². The number of rotatable bonds is 16. The highest BCUT2D eigenvalue weighted by molar-refractivity contribution is 6.38. The van der Waals surface area contributed by atoms with Crippen molar-refractivity contribution in [2.75, 3.05) is 26.7 Å². The van der Waals surface area contributed by atoms with Crippen LogP contribution in [-0.4, -0.2) is 102 Å². The van der Waals surface area contributed by atoms with Crippen LogP contribution in [0.5, 0.6) is 0 Å². The fourth-order valence-corrected chi connectivity index (χ4v) is 6.36. The Kier molecular flexibility index (Phi) is 22.2. The van der Waals surface area contributed by atoms with Gasteiger partial charge in [0.25, 0.3) is 5.91 Å². The van der Waals surface area contributed by atoms with Gasteiger partial charge >= 0.3 is 6.09 Å². The van der Waals surface area contributed by atoms with Crippen molar-refractivity contribution in [2.45, 2.75) is 143 Å². The van der Waals surface area contributed by atoms with Crippen LogP contribution >= 0.6 is 0 Å². The lowest BCUT2D eigenvalue weighted by molar-refractivity contribution is -0.141. The van der Waals surface area contributed by atoms with Crippen LogP contribution in [0.3, 0.4) is 0 Å². The van der Waals surface area contributed by atoms with E-state index in [2.05, 4.69) is 21.3 Å². The number of aryl methyl sites for hydroxylation is 2. The van der Waals surface area contributed by atoms with Gasteiger partial charge in [-0.1, -0.05) is 75.8 Å². The number of Topliss-reactive ketones (excluding diaryl/α,β-unsaturated/α-hetero) is 1. The van der Waals surface area contributed by atoms with E-state index in [1.165, 1.54) is 6.42 Å². The van der Waals surface area contributed by atoms with Crippen molar-refractivity contribution in [1.82, 2.24) is 26.2 Å². The van der Waals surface area contributed by atoms with Crippen LogP contribution in [0, 0.1) is 25.7 Å². The smallest absolute Gasteiger partial charge is 0.407 e. The number of ether oxygens (including phenoxy) is 1. The molecule has 2 fully saturated rings. The third kappa shape index (κ3) is 20.0. The second-order valence-corrected chi connectivity index (χ2v) is 16.2. The highest BCUT2D eigenvalue weighted by Crippen LogP contribution is 2.26. The van der Waals surface area contributed by atoms with E-state index in [4.69, 9.17) is 15.6 Å². The summed E-state index contributed by atoms with van der Waals surface area (Å²) in [6.45, 7) is 15.4. The number of carbonyl (C=O) groups excluding carboxylic acids is 7. The Hall–Kier alpha value is -4.37. The molecule has 0 radical (unpaired) electrons. The van der Waals surface area contributed by atoms with Crippen molar-refractivity contribution in [3.63, 3.8) is 0 Å². The molecule has 7 N–H and O–H groups in total. The van der Waals surface area contributed by atoms with Crippen molar-refractivity contribution in [3.05, 3.63) is 34.9 Å². The molecule has 1 aromatic rings. The van der Waals surface area contributed by atoms with Crippen LogP contribution in [0.4, 0.5) is 4.79 Å². The molecule has 4 atom stereocenters. The largest absolute Gasteiger partial charge is 0.449 e. The molecule has 1 aliphatic heterocycles. The van der Waals surface area contributed by atoms with Crippen molar-refractivity contribution in [3.8, 4) is 0 Å². The first-order chi connectivity index (χ1) is 26.2. The fourth-order valence-electron chi connectivity index (χ4n) is 6.36. The van der Waals surface area contributed by atoms with E-state index in [9.17, 15) is 33.6 Å². The van der Waals surface area contributed by atoms with Gasteiger partial charge in [0.05, 0.1) is 36.9 Å². The quantitative estimate of drug-likeness (QED) is 0.106. The van der Waals surface area contributed by atoms with E-state index in [1.807, 2.05) is 52.6 Å². The number of alkyl carbamates (subject to hydrolysis) is 1. The molecule has 0 spiro atoms. The molecule has 5 amide bonds. The summed E-state index contributed by atoms with van der Waals surface area (Å²) in [4.78, 5) is 86.3. The van der Waals surface area contributed by atoms with Gasteiger partial charge in [-0.15, -0.1) is 0 Å². The normalized spacial score (nSPS) is 17.4. The first-order valence-corrected chi connectivity index (χ1v) is 19.8. The SMILES string of the molecule is CC(C)(C)O.CC(C)COC(=O)NC(C=O)C1CCCCC1.CCCC(NC(=O)C1CCCN1C)C(=O)C(=O)NCC(=O)NC(C(N)=O)c1cc(C)cc(C)c1. The number of hydrogen-bond acceptors (Lipinski definition) is 10. The monoisotopic (exact) mass is 789 g/mol. The minimum absolute atomic E-state index is 0.282.